The zero-order chi connectivity index (χ0) is 19.7. The number of nitrogens with zero attached hydrogens (tertiary/aromatic N) is 3. The number of hydrogen-bond donors (Lipinski definition) is 3. The molecule has 1 unspecified atom stereocenters. The van der Waals surface area contributed by atoms with Crippen LogP contribution in [0.3, 0.4) is 0 Å². The van der Waals surface area contributed by atoms with Crippen LogP contribution in [0.1, 0.15) is 26.8 Å². The van der Waals surface area contributed by atoms with Crippen LogP contribution < -0.4 is 26.8 Å². The Morgan fingerprint density at radius 3 is 2.50 bits per heavy atom. The van der Waals surface area contributed by atoms with Gasteiger partial charge in [0.15, 0.2) is 5.49 Å². The standard InChI is InChI=1S/C21H23FN6/c1-14(2)28-19-18(25-20(28)24-17-12-8-7-11-16(17)22)13-23-21(3,27-19)26-15-9-5-4-6-10-15/h4-14,23,26H,1-3H3,(H,24,25). The first kappa shape index (κ1) is 18.0. The molecule has 1 aromatic heterocycles. The monoisotopic (exact) mass is 378 g/mol. The van der Waals surface area contributed by atoms with Gasteiger partial charge >= 0.3 is 0 Å². The highest BCUT2D eigenvalue weighted by molar-refractivity contribution is 5.55. The van der Waals surface area contributed by atoms with E-state index in [1.54, 1.807) is 18.2 Å². The Balaban J connectivity index is 1.76. The fourth-order valence-electron chi connectivity index (χ4n) is 3.23. The van der Waals surface area contributed by atoms with Crippen LogP contribution in [0.4, 0.5) is 21.7 Å². The molecule has 28 heavy (non-hydrogen) atoms. The number of aromatic nitrogens is 2. The van der Waals surface area contributed by atoms with Crippen molar-refractivity contribution in [2.75, 3.05) is 10.6 Å². The Hall–Kier alpha value is -3.35. The summed E-state index contributed by atoms with van der Waals surface area (Å²) < 4.78 is 16.1. The maximum Gasteiger partial charge on any atom is 0.210 e. The highest BCUT2D eigenvalue weighted by Gasteiger charge is 2.26. The fourth-order valence-corrected chi connectivity index (χ4v) is 3.23. The van der Waals surface area contributed by atoms with Crippen molar-refractivity contribution in [3.63, 3.8) is 0 Å². The summed E-state index contributed by atoms with van der Waals surface area (Å²) in [6.07, 6.45) is 1.84. The van der Waals surface area contributed by atoms with E-state index in [4.69, 9.17) is 4.99 Å². The molecule has 0 radical (unpaired) electrons. The van der Waals surface area contributed by atoms with Crippen LogP contribution in [-0.4, -0.2) is 15.3 Å². The molecule has 0 bridgehead atoms. The lowest BCUT2D eigenvalue weighted by Crippen LogP contribution is -2.53. The van der Waals surface area contributed by atoms with Gasteiger partial charge in [0.25, 0.3) is 0 Å². The molecule has 0 fully saturated rings. The molecule has 4 rings (SSSR count). The summed E-state index contributed by atoms with van der Waals surface area (Å²) in [5.41, 5.74) is 2.07. The quantitative estimate of drug-likeness (QED) is 0.638. The summed E-state index contributed by atoms with van der Waals surface area (Å²) in [6, 6.07) is 16.5. The minimum atomic E-state index is -0.726. The highest BCUT2D eigenvalue weighted by Crippen LogP contribution is 2.20. The largest absolute Gasteiger partial charge is 0.349 e. The highest BCUT2D eigenvalue weighted by atomic mass is 19.1. The summed E-state index contributed by atoms with van der Waals surface area (Å²) >= 11 is 0. The molecule has 0 saturated carbocycles. The average Bonchev–Trinajstić information content (AvgIpc) is 3.01. The molecule has 1 atom stereocenters. The van der Waals surface area contributed by atoms with Crippen molar-refractivity contribution in [3.05, 3.63) is 71.3 Å². The van der Waals surface area contributed by atoms with E-state index < -0.39 is 5.79 Å². The van der Waals surface area contributed by atoms with Crippen molar-refractivity contribution >= 4 is 23.5 Å². The van der Waals surface area contributed by atoms with Gasteiger partial charge < -0.3 is 16.0 Å². The smallest absolute Gasteiger partial charge is 0.210 e. The van der Waals surface area contributed by atoms with E-state index in [1.165, 1.54) is 6.07 Å². The van der Waals surface area contributed by atoms with Crippen LogP contribution in [0.5, 0.6) is 0 Å². The molecule has 0 aliphatic carbocycles. The van der Waals surface area contributed by atoms with Crippen molar-refractivity contribution in [1.29, 1.82) is 0 Å². The van der Waals surface area contributed by atoms with Crippen LogP contribution in [-0.2, 0) is 0 Å². The van der Waals surface area contributed by atoms with Crippen molar-refractivity contribution in [2.24, 2.45) is 4.99 Å². The first-order valence-electron chi connectivity index (χ1n) is 9.26. The first-order valence-corrected chi connectivity index (χ1v) is 9.26. The number of rotatable bonds is 5. The zero-order valence-corrected chi connectivity index (χ0v) is 16.1. The number of fused-ring (bicyclic) bond motifs is 1. The van der Waals surface area contributed by atoms with Gasteiger partial charge in [0.05, 0.1) is 5.69 Å². The number of benzene rings is 2. The Bertz CT molecular complexity index is 1110. The van der Waals surface area contributed by atoms with E-state index in [1.807, 2.05) is 61.9 Å². The number of anilines is 3. The summed E-state index contributed by atoms with van der Waals surface area (Å²) in [7, 11) is 0. The molecule has 7 heteroatoms. The topological polar surface area (TPSA) is 66.3 Å². The number of halogens is 1. The van der Waals surface area contributed by atoms with Crippen molar-refractivity contribution in [1.82, 2.24) is 14.9 Å². The van der Waals surface area contributed by atoms with Crippen molar-refractivity contribution in [3.8, 4) is 0 Å². The summed E-state index contributed by atoms with van der Waals surface area (Å²) in [5.74, 6) is -0.500. The van der Waals surface area contributed by atoms with Gasteiger partial charge in [-0.25, -0.2) is 14.4 Å². The summed E-state index contributed by atoms with van der Waals surface area (Å²) in [6.45, 7) is 6.06. The molecule has 3 N–H and O–H groups in total. The van der Waals surface area contributed by atoms with Crippen LogP contribution in [0.25, 0.3) is 6.20 Å². The Morgan fingerprint density at radius 2 is 1.79 bits per heavy atom. The van der Waals surface area contributed by atoms with Gasteiger partial charge in [-0.1, -0.05) is 30.3 Å². The molecular formula is C21H23FN6. The third-order valence-electron chi connectivity index (χ3n) is 4.53. The van der Waals surface area contributed by atoms with Crippen molar-refractivity contribution in [2.45, 2.75) is 32.6 Å². The second-order valence-electron chi connectivity index (χ2n) is 7.18. The maximum atomic E-state index is 14.1. The normalized spacial score (nSPS) is 17.9. The van der Waals surface area contributed by atoms with E-state index in [9.17, 15) is 4.39 Å². The van der Waals surface area contributed by atoms with Crippen LogP contribution in [0, 0.1) is 5.82 Å². The van der Waals surface area contributed by atoms with Gasteiger partial charge in [-0.15, -0.1) is 0 Å². The summed E-state index contributed by atoms with van der Waals surface area (Å²) in [4.78, 5) is 9.52. The zero-order valence-electron chi connectivity index (χ0n) is 16.1. The Morgan fingerprint density at radius 1 is 1.07 bits per heavy atom. The third kappa shape index (κ3) is 3.43. The van der Waals surface area contributed by atoms with Crippen molar-refractivity contribution < 1.29 is 4.39 Å². The Kier molecular flexibility index (Phi) is 4.50. The molecule has 1 aliphatic heterocycles. The van der Waals surface area contributed by atoms with E-state index in [-0.39, 0.29) is 11.9 Å². The van der Waals surface area contributed by atoms with Crippen LogP contribution >= 0.6 is 0 Å². The first-order chi connectivity index (χ1) is 13.5. The lowest BCUT2D eigenvalue weighted by molar-refractivity contribution is 0.457. The lowest BCUT2D eigenvalue weighted by Gasteiger charge is -2.29. The fraction of sp³-hybridized carbons (Fsp3) is 0.238. The molecule has 3 aromatic rings. The maximum absolute atomic E-state index is 14.1. The van der Waals surface area contributed by atoms with E-state index >= 15 is 0 Å². The van der Waals surface area contributed by atoms with Gasteiger partial charge in [0.1, 0.15) is 11.2 Å². The minimum absolute atomic E-state index is 0.0850. The predicted octanol–water partition coefficient (Wildman–Crippen LogP) is 3.09. The van der Waals surface area contributed by atoms with Gasteiger partial charge in [-0.05, 0) is 45.0 Å². The molecule has 0 spiro atoms. The lowest BCUT2D eigenvalue weighted by atomic mass is 10.2. The molecule has 0 amide bonds. The summed E-state index contributed by atoms with van der Waals surface area (Å²) in [5, 5.41) is 10.5. The molecular weight excluding hydrogens is 355 g/mol. The van der Waals surface area contributed by atoms with Gasteiger partial charge in [-0.3, -0.25) is 4.57 Å². The van der Waals surface area contributed by atoms with E-state index in [2.05, 4.69) is 20.9 Å². The molecule has 0 saturated heterocycles. The predicted molar refractivity (Wildman–Crippen MR) is 109 cm³/mol. The molecule has 1 aliphatic rings. The van der Waals surface area contributed by atoms with Crippen LogP contribution in [0.2, 0.25) is 0 Å². The molecule has 144 valence electrons. The minimum Gasteiger partial charge on any atom is -0.349 e. The molecule has 2 heterocycles. The second kappa shape index (κ2) is 6.99. The number of para-hydroxylation sites is 2. The molecule has 2 aromatic carbocycles. The number of imidazole rings is 1. The van der Waals surface area contributed by atoms with E-state index in [0.29, 0.717) is 17.0 Å². The average molecular weight is 378 g/mol. The number of hydrogen-bond acceptors (Lipinski definition) is 5. The van der Waals surface area contributed by atoms with Gasteiger partial charge in [0, 0.05) is 17.9 Å². The second-order valence-corrected chi connectivity index (χ2v) is 7.18. The number of nitrogens with one attached hydrogen (secondary N) is 3. The van der Waals surface area contributed by atoms with Crippen LogP contribution in [0.15, 0.2) is 59.6 Å². The van der Waals surface area contributed by atoms with Gasteiger partial charge in [0.2, 0.25) is 11.7 Å². The Labute approximate surface area is 162 Å². The third-order valence-corrected chi connectivity index (χ3v) is 4.53. The van der Waals surface area contributed by atoms with E-state index in [0.717, 1.165) is 11.2 Å². The van der Waals surface area contributed by atoms with Gasteiger partial charge in [-0.2, -0.15) is 0 Å². The SMILES string of the molecule is CC(C)n1c(Nc2ccccc2F)nc2c1=NC(C)(Nc1ccccc1)NC=2. The molecule has 6 nitrogen and oxygen atoms in total.